The van der Waals surface area contributed by atoms with Gasteiger partial charge in [0.15, 0.2) is 0 Å². The second-order valence-corrected chi connectivity index (χ2v) is 7.08. The fourth-order valence-electron chi connectivity index (χ4n) is 1.77. The van der Waals surface area contributed by atoms with Gasteiger partial charge in [-0.15, -0.1) is 0 Å². The Bertz CT molecular complexity index is 522. The molecular weight excluding hydrogens is 248 g/mol. The van der Waals surface area contributed by atoms with Gasteiger partial charge in [-0.25, -0.2) is 13.1 Å². The third-order valence-corrected chi connectivity index (χ3v) is 4.78. The predicted molar refractivity (Wildman–Crippen MR) is 71.7 cm³/mol. The molecule has 1 aliphatic rings. The van der Waals surface area contributed by atoms with Crippen LogP contribution in [0.1, 0.15) is 25.3 Å². The van der Waals surface area contributed by atoms with Crippen LogP contribution in [0.15, 0.2) is 29.2 Å². The summed E-state index contributed by atoms with van der Waals surface area (Å²) in [5, 5.41) is 3.01. The highest BCUT2D eigenvalue weighted by atomic mass is 32.2. The van der Waals surface area contributed by atoms with Crippen LogP contribution in [0.25, 0.3) is 0 Å². The summed E-state index contributed by atoms with van der Waals surface area (Å²) in [6.07, 6.45) is 2.21. The molecule has 4 nitrogen and oxygen atoms in total. The molecule has 2 N–H and O–H groups in total. The van der Waals surface area contributed by atoms with Gasteiger partial charge < -0.3 is 5.32 Å². The van der Waals surface area contributed by atoms with Crippen molar-refractivity contribution in [3.63, 3.8) is 0 Å². The number of sulfonamides is 1. The molecule has 0 radical (unpaired) electrons. The molecule has 100 valence electrons. The third kappa shape index (κ3) is 3.31. The molecule has 2 rings (SSSR count). The van der Waals surface area contributed by atoms with E-state index < -0.39 is 10.0 Å². The third-order valence-electron chi connectivity index (χ3n) is 3.38. The molecule has 0 heterocycles. The first-order valence-corrected chi connectivity index (χ1v) is 7.67. The van der Waals surface area contributed by atoms with Gasteiger partial charge in [-0.3, -0.25) is 0 Å². The van der Waals surface area contributed by atoms with E-state index in [4.69, 9.17) is 0 Å². The topological polar surface area (TPSA) is 58.2 Å². The Labute approximate surface area is 109 Å². The normalized spacial score (nSPS) is 17.7. The van der Waals surface area contributed by atoms with E-state index in [-0.39, 0.29) is 5.41 Å². The molecule has 0 aromatic heterocycles. The summed E-state index contributed by atoms with van der Waals surface area (Å²) in [5.74, 6) is 0. The quantitative estimate of drug-likeness (QED) is 0.821. The van der Waals surface area contributed by atoms with Crippen LogP contribution in [0.3, 0.4) is 0 Å². The minimum Gasteiger partial charge on any atom is -0.316 e. The van der Waals surface area contributed by atoms with Crippen molar-refractivity contribution in [2.75, 3.05) is 13.6 Å². The second-order valence-electron chi connectivity index (χ2n) is 5.31. The zero-order chi connectivity index (χ0) is 13.2. The van der Waals surface area contributed by atoms with Crippen LogP contribution >= 0.6 is 0 Å². The Morgan fingerprint density at radius 1 is 1.33 bits per heavy atom. The lowest BCUT2D eigenvalue weighted by Crippen LogP contribution is -2.29. The van der Waals surface area contributed by atoms with Crippen molar-refractivity contribution in [3.05, 3.63) is 29.8 Å². The van der Waals surface area contributed by atoms with Gasteiger partial charge in [-0.1, -0.05) is 19.1 Å². The van der Waals surface area contributed by atoms with Gasteiger partial charge in [0.1, 0.15) is 0 Å². The van der Waals surface area contributed by atoms with E-state index in [1.807, 2.05) is 13.1 Å². The number of hydrogen-bond donors (Lipinski definition) is 2. The van der Waals surface area contributed by atoms with E-state index in [2.05, 4.69) is 17.0 Å². The lowest BCUT2D eigenvalue weighted by Gasteiger charge is -2.11. The fourth-order valence-corrected chi connectivity index (χ4v) is 3.04. The van der Waals surface area contributed by atoms with E-state index >= 15 is 0 Å². The monoisotopic (exact) mass is 268 g/mol. The first-order chi connectivity index (χ1) is 8.45. The number of rotatable bonds is 6. The molecule has 0 atom stereocenters. The van der Waals surface area contributed by atoms with Crippen molar-refractivity contribution in [2.45, 2.75) is 31.2 Å². The molecule has 0 amide bonds. The van der Waals surface area contributed by atoms with Gasteiger partial charge in [-0.2, -0.15) is 0 Å². The number of nitrogens with one attached hydrogen (secondary N) is 2. The first-order valence-electron chi connectivity index (χ1n) is 6.18. The van der Waals surface area contributed by atoms with Crippen LogP contribution in [0.2, 0.25) is 0 Å². The summed E-state index contributed by atoms with van der Waals surface area (Å²) in [6.45, 7) is 3.31. The molecule has 0 spiro atoms. The minimum atomic E-state index is -3.37. The van der Waals surface area contributed by atoms with Crippen molar-refractivity contribution in [3.8, 4) is 0 Å². The van der Waals surface area contributed by atoms with E-state index in [0.29, 0.717) is 18.0 Å². The smallest absolute Gasteiger partial charge is 0.240 e. The highest BCUT2D eigenvalue weighted by Gasteiger charge is 2.38. The van der Waals surface area contributed by atoms with E-state index in [9.17, 15) is 8.42 Å². The highest BCUT2D eigenvalue weighted by molar-refractivity contribution is 7.89. The maximum Gasteiger partial charge on any atom is 0.240 e. The summed E-state index contributed by atoms with van der Waals surface area (Å²) >= 11 is 0. The summed E-state index contributed by atoms with van der Waals surface area (Å²) in [6, 6.07) is 7.04. The predicted octanol–water partition coefficient (Wildman–Crippen LogP) is 1.48. The van der Waals surface area contributed by atoms with Crippen molar-refractivity contribution in [2.24, 2.45) is 5.41 Å². The molecule has 1 fully saturated rings. The van der Waals surface area contributed by atoms with Crippen molar-refractivity contribution < 1.29 is 8.42 Å². The van der Waals surface area contributed by atoms with Crippen LogP contribution < -0.4 is 10.0 Å². The van der Waals surface area contributed by atoms with Crippen LogP contribution in [0, 0.1) is 5.41 Å². The SMILES string of the molecule is CNCc1cccc(S(=O)(=O)NCC2(C)CC2)c1. The number of hydrogen-bond acceptors (Lipinski definition) is 3. The molecule has 5 heteroatoms. The van der Waals surface area contributed by atoms with Crippen LogP contribution in [-0.2, 0) is 16.6 Å². The van der Waals surface area contributed by atoms with Gasteiger partial charge in [0, 0.05) is 13.1 Å². The molecule has 0 aliphatic heterocycles. The first kappa shape index (κ1) is 13.5. The van der Waals surface area contributed by atoms with Gasteiger partial charge in [-0.05, 0) is 43.0 Å². The largest absolute Gasteiger partial charge is 0.316 e. The molecule has 0 bridgehead atoms. The molecular formula is C13H20N2O2S. The van der Waals surface area contributed by atoms with Gasteiger partial charge in [0.05, 0.1) is 4.90 Å². The summed E-state index contributed by atoms with van der Waals surface area (Å²) in [7, 11) is -1.53. The van der Waals surface area contributed by atoms with Crippen molar-refractivity contribution in [1.82, 2.24) is 10.0 Å². The van der Waals surface area contributed by atoms with Crippen molar-refractivity contribution >= 4 is 10.0 Å². The van der Waals surface area contributed by atoms with Crippen LogP contribution in [0.4, 0.5) is 0 Å². The molecule has 1 aromatic carbocycles. The molecule has 0 unspecified atom stereocenters. The minimum absolute atomic E-state index is 0.176. The maximum absolute atomic E-state index is 12.1. The number of benzene rings is 1. The molecule has 1 aliphatic carbocycles. The summed E-state index contributed by atoms with van der Waals surface area (Å²) in [4.78, 5) is 0.347. The average Bonchev–Trinajstić information content (AvgIpc) is 3.07. The van der Waals surface area contributed by atoms with Crippen LogP contribution in [0.5, 0.6) is 0 Å². The maximum atomic E-state index is 12.1. The second kappa shape index (κ2) is 4.99. The van der Waals surface area contributed by atoms with Crippen molar-refractivity contribution in [1.29, 1.82) is 0 Å². The van der Waals surface area contributed by atoms with E-state index in [1.54, 1.807) is 18.2 Å². The fraction of sp³-hybridized carbons (Fsp3) is 0.538. The van der Waals surface area contributed by atoms with Gasteiger partial charge in [0.25, 0.3) is 0 Å². The Balaban J connectivity index is 2.10. The Hall–Kier alpha value is -0.910. The molecule has 1 aromatic rings. The zero-order valence-corrected chi connectivity index (χ0v) is 11.7. The van der Waals surface area contributed by atoms with Gasteiger partial charge >= 0.3 is 0 Å². The summed E-state index contributed by atoms with van der Waals surface area (Å²) < 4.78 is 27.0. The Morgan fingerprint density at radius 2 is 2.06 bits per heavy atom. The Kier molecular flexibility index (Phi) is 3.75. The highest BCUT2D eigenvalue weighted by Crippen LogP contribution is 2.44. The molecule has 1 saturated carbocycles. The van der Waals surface area contributed by atoms with Crippen LogP contribution in [-0.4, -0.2) is 22.0 Å². The lowest BCUT2D eigenvalue weighted by molar-refractivity contribution is 0.530. The van der Waals surface area contributed by atoms with Gasteiger partial charge in [0.2, 0.25) is 10.0 Å². The standard InChI is InChI=1S/C13H20N2O2S/c1-13(6-7-13)10-15-18(16,17)12-5-3-4-11(8-12)9-14-2/h3-5,8,14-15H,6-7,9-10H2,1-2H3. The lowest BCUT2D eigenvalue weighted by atomic mass is 10.2. The average molecular weight is 268 g/mol. The van der Waals surface area contributed by atoms with E-state index in [1.165, 1.54) is 0 Å². The summed E-state index contributed by atoms with van der Waals surface area (Å²) in [5.41, 5.74) is 1.15. The van der Waals surface area contributed by atoms with E-state index in [0.717, 1.165) is 18.4 Å². The molecule has 18 heavy (non-hydrogen) atoms. The Morgan fingerprint density at radius 3 is 2.67 bits per heavy atom. The zero-order valence-electron chi connectivity index (χ0n) is 10.9. The molecule has 0 saturated heterocycles.